The molecule has 0 aliphatic carbocycles. The molecule has 0 aromatic heterocycles. The average molecular weight is 299 g/mol. The quantitative estimate of drug-likeness (QED) is 0.838. The Morgan fingerprint density at radius 1 is 1.47 bits per heavy atom. The van der Waals surface area contributed by atoms with Gasteiger partial charge in [0, 0.05) is 11.0 Å². The van der Waals surface area contributed by atoms with Crippen molar-refractivity contribution in [2.75, 3.05) is 13.1 Å². The van der Waals surface area contributed by atoms with Gasteiger partial charge in [0.2, 0.25) is 0 Å². The van der Waals surface area contributed by atoms with Crippen molar-refractivity contribution in [2.45, 2.75) is 18.9 Å². The van der Waals surface area contributed by atoms with E-state index in [2.05, 4.69) is 26.7 Å². The number of nitrogens with one attached hydrogen (secondary N) is 2. The molecule has 1 aromatic carbocycles. The van der Waals surface area contributed by atoms with Gasteiger partial charge in [-0.2, -0.15) is 0 Å². The molecule has 0 saturated carbocycles. The number of carbonyl (C=O) groups excluding carboxylic acids is 1. The smallest absolute Gasteiger partial charge is 0.275 e. The highest BCUT2D eigenvalue weighted by Gasteiger charge is 2.16. The summed E-state index contributed by atoms with van der Waals surface area (Å²) in [5.74, 6) is -0.219. The Labute approximate surface area is 109 Å². The number of hydrogen-bond donors (Lipinski definition) is 2. The Bertz CT molecular complexity index is 392. The Morgan fingerprint density at radius 2 is 2.29 bits per heavy atom. The molecule has 5 heteroatoms. The molecule has 0 bridgehead atoms. The third-order valence-corrected chi connectivity index (χ3v) is 3.38. The fraction of sp³-hybridized carbons (Fsp3) is 0.417. The van der Waals surface area contributed by atoms with Gasteiger partial charge in [-0.25, -0.2) is 5.48 Å². The van der Waals surface area contributed by atoms with Crippen LogP contribution in [-0.2, 0) is 4.84 Å². The maximum atomic E-state index is 11.8. The van der Waals surface area contributed by atoms with E-state index < -0.39 is 0 Å². The van der Waals surface area contributed by atoms with Crippen LogP contribution in [0.5, 0.6) is 0 Å². The normalized spacial score (nSPS) is 19.9. The van der Waals surface area contributed by atoms with Gasteiger partial charge < -0.3 is 5.32 Å². The molecule has 2 N–H and O–H groups in total. The SMILES string of the molecule is O=C(NOC1CCCNC1)c1ccccc1Br. The summed E-state index contributed by atoms with van der Waals surface area (Å²) in [5.41, 5.74) is 3.08. The minimum Gasteiger partial charge on any atom is -0.314 e. The first-order chi connectivity index (χ1) is 8.27. The maximum absolute atomic E-state index is 11.8. The molecule has 0 radical (unpaired) electrons. The first-order valence-corrected chi connectivity index (χ1v) is 6.48. The van der Waals surface area contributed by atoms with Gasteiger partial charge in [-0.15, -0.1) is 0 Å². The van der Waals surface area contributed by atoms with E-state index in [1.165, 1.54) is 0 Å². The summed E-state index contributed by atoms with van der Waals surface area (Å²) in [6.07, 6.45) is 2.12. The molecular formula is C12H15BrN2O2. The van der Waals surface area contributed by atoms with Crippen LogP contribution in [0, 0.1) is 0 Å². The summed E-state index contributed by atoms with van der Waals surface area (Å²) in [4.78, 5) is 17.2. The van der Waals surface area contributed by atoms with E-state index in [-0.39, 0.29) is 12.0 Å². The zero-order valence-corrected chi connectivity index (χ0v) is 11.0. The summed E-state index contributed by atoms with van der Waals surface area (Å²) in [6, 6.07) is 7.27. The number of hydroxylamine groups is 1. The second-order valence-corrected chi connectivity index (χ2v) is 4.85. The lowest BCUT2D eigenvalue weighted by atomic mass is 10.1. The molecule has 1 saturated heterocycles. The topological polar surface area (TPSA) is 50.4 Å². The molecule has 17 heavy (non-hydrogen) atoms. The van der Waals surface area contributed by atoms with Gasteiger partial charge in [0.05, 0.1) is 11.7 Å². The summed E-state index contributed by atoms with van der Waals surface area (Å²) in [6.45, 7) is 1.81. The highest BCUT2D eigenvalue weighted by Crippen LogP contribution is 2.15. The van der Waals surface area contributed by atoms with Gasteiger partial charge in [0.1, 0.15) is 0 Å². The van der Waals surface area contributed by atoms with Crippen LogP contribution >= 0.6 is 15.9 Å². The zero-order chi connectivity index (χ0) is 12.1. The fourth-order valence-corrected chi connectivity index (χ4v) is 2.22. The Morgan fingerprint density at radius 3 is 3.00 bits per heavy atom. The van der Waals surface area contributed by atoms with Crippen LogP contribution in [0.3, 0.4) is 0 Å². The van der Waals surface area contributed by atoms with Crippen molar-refractivity contribution in [1.82, 2.24) is 10.8 Å². The van der Waals surface area contributed by atoms with E-state index in [1.807, 2.05) is 18.2 Å². The Kier molecular flexibility index (Phi) is 4.53. The predicted molar refractivity (Wildman–Crippen MR) is 68.6 cm³/mol. The molecule has 4 nitrogen and oxygen atoms in total. The molecule has 1 aliphatic rings. The lowest BCUT2D eigenvalue weighted by molar-refractivity contribution is -0.0251. The van der Waals surface area contributed by atoms with E-state index >= 15 is 0 Å². The molecule has 1 heterocycles. The fourth-order valence-electron chi connectivity index (χ4n) is 1.76. The van der Waals surface area contributed by atoms with Crippen LogP contribution in [0.15, 0.2) is 28.7 Å². The number of amides is 1. The molecule has 92 valence electrons. The molecule has 1 aromatic rings. The highest BCUT2D eigenvalue weighted by molar-refractivity contribution is 9.10. The lowest BCUT2D eigenvalue weighted by Crippen LogP contribution is -2.40. The summed E-state index contributed by atoms with van der Waals surface area (Å²) in [5, 5.41) is 3.22. The second-order valence-electron chi connectivity index (χ2n) is 4.00. The van der Waals surface area contributed by atoms with Gasteiger partial charge in [0.25, 0.3) is 5.91 Å². The van der Waals surface area contributed by atoms with Crippen LogP contribution in [0.2, 0.25) is 0 Å². The molecular weight excluding hydrogens is 284 g/mol. The van der Waals surface area contributed by atoms with Crippen LogP contribution in [0.1, 0.15) is 23.2 Å². The summed E-state index contributed by atoms with van der Waals surface area (Å²) >= 11 is 3.33. The number of halogens is 1. The molecule has 1 aliphatic heterocycles. The van der Waals surface area contributed by atoms with Crippen molar-refractivity contribution in [1.29, 1.82) is 0 Å². The Balaban J connectivity index is 1.87. The number of hydrogen-bond acceptors (Lipinski definition) is 3. The number of piperidine rings is 1. The Hall–Kier alpha value is -0.910. The summed E-state index contributed by atoms with van der Waals surface area (Å²) < 4.78 is 0.767. The van der Waals surface area contributed by atoms with Crippen molar-refractivity contribution in [3.63, 3.8) is 0 Å². The summed E-state index contributed by atoms with van der Waals surface area (Å²) in [7, 11) is 0. The third kappa shape index (κ3) is 3.52. The monoisotopic (exact) mass is 298 g/mol. The van der Waals surface area contributed by atoms with Gasteiger partial charge in [-0.1, -0.05) is 12.1 Å². The van der Waals surface area contributed by atoms with E-state index in [1.54, 1.807) is 6.07 Å². The van der Waals surface area contributed by atoms with Crippen molar-refractivity contribution < 1.29 is 9.63 Å². The van der Waals surface area contributed by atoms with E-state index in [4.69, 9.17) is 4.84 Å². The highest BCUT2D eigenvalue weighted by atomic mass is 79.9. The molecule has 1 amide bonds. The minimum absolute atomic E-state index is 0.0650. The zero-order valence-electron chi connectivity index (χ0n) is 9.41. The first-order valence-electron chi connectivity index (χ1n) is 5.68. The van der Waals surface area contributed by atoms with E-state index in [0.717, 1.165) is 30.4 Å². The molecule has 1 fully saturated rings. The molecule has 1 atom stereocenters. The number of carbonyl (C=O) groups is 1. The van der Waals surface area contributed by atoms with Crippen LogP contribution < -0.4 is 10.8 Å². The van der Waals surface area contributed by atoms with Crippen molar-refractivity contribution in [3.05, 3.63) is 34.3 Å². The maximum Gasteiger partial charge on any atom is 0.275 e. The van der Waals surface area contributed by atoms with Gasteiger partial charge in [-0.05, 0) is 47.4 Å². The van der Waals surface area contributed by atoms with E-state index in [9.17, 15) is 4.79 Å². The second kappa shape index (κ2) is 6.14. The molecule has 2 rings (SSSR count). The van der Waals surface area contributed by atoms with Crippen molar-refractivity contribution in [3.8, 4) is 0 Å². The largest absolute Gasteiger partial charge is 0.314 e. The lowest BCUT2D eigenvalue weighted by Gasteiger charge is -2.22. The first kappa shape index (κ1) is 12.5. The van der Waals surface area contributed by atoms with Crippen LogP contribution in [0.25, 0.3) is 0 Å². The number of rotatable bonds is 3. The molecule has 0 spiro atoms. The van der Waals surface area contributed by atoms with Crippen LogP contribution in [0.4, 0.5) is 0 Å². The van der Waals surface area contributed by atoms with Gasteiger partial charge >= 0.3 is 0 Å². The third-order valence-electron chi connectivity index (χ3n) is 2.69. The number of benzene rings is 1. The van der Waals surface area contributed by atoms with Crippen molar-refractivity contribution >= 4 is 21.8 Å². The van der Waals surface area contributed by atoms with Crippen molar-refractivity contribution in [2.24, 2.45) is 0 Å². The van der Waals surface area contributed by atoms with Gasteiger partial charge in [0.15, 0.2) is 0 Å². The minimum atomic E-state index is -0.219. The van der Waals surface area contributed by atoms with Crippen LogP contribution in [-0.4, -0.2) is 25.1 Å². The van der Waals surface area contributed by atoms with E-state index in [0.29, 0.717) is 5.56 Å². The predicted octanol–water partition coefficient (Wildman–Crippen LogP) is 1.86. The average Bonchev–Trinajstić information content (AvgIpc) is 2.38. The molecule has 1 unspecified atom stereocenters. The standard InChI is InChI=1S/C12H15BrN2O2/c13-11-6-2-1-5-10(11)12(16)15-17-9-4-3-7-14-8-9/h1-2,5-6,9,14H,3-4,7-8H2,(H,15,16). The van der Waals surface area contributed by atoms with Gasteiger partial charge in [-0.3, -0.25) is 9.63 Å².